The quantitative estimate of drug-likeness (QED) is 0.650. The summed E-state index contributed by atoms with van der Waals surface area (Å²) in [7, 11) is 5.46. The van der Waals surface area contributed by atoms with Crippen molar-refractivity contribution < 1.29 is 9.47 Å². The van der Waals surface area contributed by atoms with Crippen LogP contribution in [0.15, 0.2) is 42.5 Å². The van der Waals surface area contributed by atoms with Gasteiger partial charge in [-0.2, -0.15) is 0 Å². The van der Waals surface area contributed by atoms with Crippen LogP contribution in [0.5, 0.6) is 11.5 Å². The fraction of sp³-hybridized carbons (Fsp3) is 0.316. The molecule has 0 saturated carbocycles. The second-order valence-corrected chi connectivity index (χ2v) is 6.87. The minimum absolute atomic E-state index is 0.768. The molecule has 0 atom stereocenters. The van der Waals surface area contributed by atoms with Crippen LogP contribution < -0.4 is 9.47 Å². The van der Waals surface area contributed by atoms with Gasteiger partial charge in [0.25, 0.3) is 0 Å². The van der Waals surface area contributed by atoms with Crippen LogP contribution in [0.2, 0.25) is 0 Å². The average molecular weight is 342 g/mol. The summed E-state index contributed by atoms with van der Waals surface area (Å²) in [5.74, 6) is 1.55. The Balaban J connectivity index is 1.60. The number of nitrogens with zero attached hydrogens (tertiary/aromatic N) is 2. The lowest BCUT2D eigenvalue weighted by Crippen LogP contribution is -2.20. The van der Waals surface area contributed by atoms with Crippen molar-refractivity contribution >= 4 is 21.6 Å². The van der Waals surface area contributed by atoms with Crippen molar-refractivity contribution in [3.05, 3.63) is 53.0 Å². The molecule has 0 spiro atoms. The fourth-order valence-electron chi connectivity index (χ4n) is 2.65. The minimum Gasteiger partial charge on any atom is -0.493 e. The van der Waals surface area contributed by atoms with Gasteiger partial charge in [0.2, 0.25) is 0 Å². The molecule has 1 aromatic heterocycles. The van der Waals surface area contributed by atoms with E-state index >= 15 is 0 Å². The summed E-state index contributed by atoms with van der Waals surface area (Å²) in [4.78, 5) is 7.00. The first-order valence-electron chi connectivity index (χ1n) is 7.93. The molecule has 1 heterocycles. The summed E-state index contributed by atoms with van der Waals surface area (Å²) in [5.41, 5.74) is 2.33. The second kappa shape index (κ2) is 7.64. The highest BCUT2D eigenvalue weighted by Crippen LogP contribution is 2.28. The van der Waals surface area contributed by atoms with E-state index in [0.717, 1.165) is 41.5 Å². The van der Waals surface area contributed by atoms with Gasteiger partial charge in [-0.25, -0.2) is 4.98 Å². The lowest BCUT2D eigenvalue weighted by Gasteiger charge is -2.15. The van der Waals surface area contributed by atoms with Gasteiger partial charge in [0.05, 0.1) is 31.0 Å². The van der Waals surface area contributed by atoms with Gasteiger partial charge in [-0.05, 0) is 43.3 Å². The third kappa shape index (κ3) is 3.86. The molecule has 24 heavy (non-hydrogen) atoms. The number of ether oxygens (including phenoxy) is 2. The first kappa shape index (κ1) is 16.7. The summed E-state index contributed by atoms with van der Waals surface area (Å²) in [5, 5.41) is 1.16. The molecule has 0 saturated heterocycles. The molecular formula is C19H22N2O2S. The molecular weight excluding hydrogens is 320 g/mol. The average Bonchev–Trinajstić information content (AvgIpc) is 3.01. The Morgan fingerprint density at radius 1 is 1.04 bits per heavy atom. The molecule has 3 rings (SSSR count). The molecule has 0 fully saturated rings. The molecule has 5 heteroatoms. The van der Waals surface area contributed by atoms with Gasteiger partial charge < -0.3 is 9.47 Å². The van der Waals surface area contributed by atoms with Crippen LogP contribution in [-0.2, 0) is 13.0 Å². The zero-order chi connectivity index (χ0) is 16.9. The number of para-hydroxylation sites is 1. The number of benzene rings is 2. The maximum absolute atomic E-state index is 5.37. The highest BCUT2D eigenvalue weighted by Gasteiger charge is 2.08. The molecule has 0 N–H and O–H groups in total. The Bertz CT molecular complexity index is 783. The molecule has 0 bridgehead atoms. The molecule has 0 aliphatic heterocycles. The van der Waals surface area contributed by atoms with Crippen molar-refractivity contribution in [1.82, 2.24) is 9.88 Å². The summed E-state index contributed by atoms with van der Waals surface area (Å²) in [6, 6.07) is 14.4. The normalized spacial score (nSPS) is 11.2. The third-order valence-corrected chi connectivity index (χ3v) is 4.99. The molecule has 0 unspecified atom stereocenters. The van der Waals surface area contributed by atoms with Crippen LogP contribution in [0.25, 0.3) is 10.2 Å². The Labute approximate surface area is 146 Å². The SMILES string of the molecule is COc1ccc(CCN(C)Cc2nc3ccccc3s2)cc1OC. The highest BCUT2D eigenvalue weighted by molar-refractivity contribution is 7.18. The summed E-state index contributed by atoms with van der Waals surface area (Å²) in [6.07, 6.45) is 0.960. The van der Waals surface area contributed by atoms with Crippen molar-refractivity contribution in [2.75, 3.05) is 27.8 Å². The van der Waals surface area contributed by atoms with Crippen LogP contribution in [0.3, 0.4) is 0 Å². The van der Waals surface area contributed by atoms with Gasteiger partial charge in [0, 0.05) is 6.54 Å². The van der Waals surface area contributed by atoms with Gasteiger partial charge in [-0.1, -0.05) is 18.2 Å². The van der Waals surface area contributed by atoms with Crippen molar-refractivity contribution in [2.45, 2.75) is 13.0 Å². The molecule has 0 amide bonds. The van der Waals surface area contributed by atoms with Gasteiger partial charge in [0.15, 0.2) is 11.5 Å². The van der Waals surface area contributed by atoms with E-state index in [1.807, 2.05) is 18.2 Å². The van der Waals surface area contributed by atoms with Gasteiger partial charge >= 0.3 is 0 Å². The molecule has 0 radical (unpaired) electrons. The van der Waals surface area contributed by atoms with Gasteiger partial charge in [-0.3, -0.25) is 4.90 Å². The first-order chi connectivity index (χ1) is 11.7. The predicted octanol–water partition coefficient (Wildman–Crippen LogP) is 3.99. The van der Waals surface area contributed by atoms with Crippen LogP contribution >= 0.6 is 11.3 Å². The number of methoxy groups -OCH3 is 2. The van der Waals surface area contributed by atoms with E-state index in [4.69, 9.17) is 14.5 Å². The second-order valence-electron chi connectivity index (χ2n) is 5.75. The van der Waals surface area contributed by atoms with E-state index in [0.29, 0.717) is 0 Å². The van der Waals surface area contributed by atoms with Gasteiger partial charge in [0.1, 0.15) is 5.01 Å². The number of likely N-dealkylation sites (N-methyl/N-ethyl adjacent to an activating group) is 1. The number of hydrogen-bond acceptors (Lipinski definition) is 5. The summed E-state index contributed by atoms with van der Waals surface area (Å²) >= 11 is 1.77. The standard InChI is InChI=1S/C19H22N2O2S/c1-21(13-19-20-15-6-4-5-7-18(15)24-19)11-10-14-8-9-16(22-2)17(12-14)23-3/h4-9,12H,10-11,13H2,1-3H3. The van der Waals surface area contributed by atoms with Crippen LogP contribution in [-0.4, -0.2) is 37.7 Å². The zero-order valence-electron chi connectivity index (χ0n) is 14.3. The molecule has 126 valence electrons. The topological polar surface area (TPSA) is 34.6 Å². The van der Waals surface area contributed by atoms with Crippen molar-refractivity contribution in [3.63, 3.8) is 0 Å². The number of hydrogen-bond donors (Lipinski definition) is 0. The zero-order valence-corrected chi connectivity index (χ0v) is 15.1. The number of aromatic nitrogens is 1. The number of fused-ring (bicyclic) bond motifs is 1. The number of thiazole rings is 1. The molecule has 0 aliphatic carbocycles. The first-order valence-corrected chi connectivity index (χ1v) is 8.75. The monoisotopic (exact) mass is 342 g/mol. The summed E-state index contributed by atoms with van der Waals surface area (Å²) < 4.78 is 11.9. The van der Waals surface area contributed by atoms with E-state index in [2.05, 4.69) is 36.2 Å². The minimum atomic E-state index is 0.768. The Morgan fingerprint density at radius 3 is 2.58 bits per heavy atom. The highest BCUT2D eigenvalue weighted by atomic mass is 32.1. The van der Waals surface area contributed by atoms with E-state index in [1.54, 1.807) is 25.6 Å². The van der Waals surface area contributed by atoms with Crippen LogP contribution in [0.1, 0.15) is 10.6 Å². The smallest absolute Gasteiger partial charge is 0.160 e. The molecule has 2 aromatic carbocycles. The van der Waals surface area contributed by atoms with Crippen molar-refractivity contribution in [1.29, 1.82) is 0 Å². The van der Waals surface area contributed by atoms with E-state index in [-0.39, 0.29) is 0 Å². The fourth-order valence-corrected chi connectivity index (χ4v) is 3.70. The Hall–Kier alpha value is -2.11. The lowest BCUT2D eigenvalue weighted by atomic mass is 10.1. The van der Waals surface area contributed by atoms with E-state index in [9.17, 15) is 0 Å². The largest absolute Gasteiger partial charge is 0.493 e. The molecule has 3 aromatic rings. The Morgan fingerprint density at radius 2 is 1.83 bits per heavy atom. The van der Waals surface area contributed by atoms with E-state index in [1.165, 1.54) is 10.3 Å². The lowest BCUT2D eigenvalue weighted by molar-refractivity contribution is 0.329. The maximum Gasteiger partial charge on any atom is 0.160 e. The number of rotatable bonds is 7. The third-order valence-electron chi connectivity index (χ3n) is 3.97. The van der Waals surface area contributed by atoms with Crippen LogP contribution in [0, 0.1) is 0 Å². The maximum atomic E-state index is 5.37. The van der Waals surface area contributed by atoms with Gasteiger partial charge in [-0.15, -0.1) is 11.3 Å². The van der Waals surface area contributed by atoms with E-state index < -0.39 is 0 Å². The van der Waals surface area contributed by atoms with Crippen molar-refractivity contribution in [3.8, 4) is 11.5 Å². The van der Waals surface area contributed by atoms with Crippen molar-refractivity contribution in [2.24, 2.45) is 0 Å². The summed E-state index contributed by atoms with van der Waals surface area (Å²) in [6.45, 7) is 1.83. The Kier molecular flexibility index (Phi) is 5.33. The van der Waals surface area contributed by atoms with Crippen LogP contribution in [0.4, 0.5) is 0 Å². The molecule has 4 nitrogen and oxygen atoms in total. The molecule has 0 aliphatic rings. The predicted molar refractivity (Wildman–Crippen MR) is 99.2 cm³/mol.